The number of fused-ring (bicyclic) bond motifs is 10. The molecule has 4 heteroatoms. The molecule has 254 valence electrons. The molecule has 0 saturated carbocycles. The van der Waals surface area contributed by atoms with Gasteiger partial charge in [0, 0.05) is 64.0 Å². The third kappa shape index (κ3) is 4.63. The first-order valence-electron chi connectivity index (χ1n) is 18.4. The van der Waals surface area contributed by atoms with Crippen LogP contribution in [0.5, 0.6) is 0 Å². The molecule has 7 aromatic carbocycles. The van der Waals surface area contributed by atoms with Crippen molar-refractivity contribution in [3.63, 3.8) is 0 Å². The Morgan fingerprint density at radius 1 is 0.426 bits per heavy atom. The summed E-state index contributed by atoms with van der Waals surface area (Å²) < 4.78 is 2.56. The van der Waals surface area contributed by atoms with Crippen molar-refractivity contribution in [2.24, 2.45) is 0 Å². The molecule has 0 aliphatic heterocycles. The zero-order valence-corrected chi connectivity index (χ0v) is 30.7. The lowest BCUT2D eigenvalue weighted by Crippen LogP contribution is -2.14. The summed E-state index contributed by atoms with van der Waals surface area (Å²) >= 11 is 1.85. The highest BCUT2D eigenvalue weighted by molar-refractivity contribution is 7.26. The van der Waals surface area contributed by atoms with Crippen LogP contribution in [0.1, 0.15) is 25.0 Å². The lowest BCUT2D eigenvalue weighted by molar-refractivity contribution is 0.660. The zero-order chi connectivity index (χ0) is 36.0. The van der Waals surface area contributed by atoms with Crippen LogP contribution in [-0.4, -0.2) is 15.0 Å². The van der Waals surface area contributed by atoms with Crippen molar-refractivity contribution >= 4 is 53.2 Å². The van der Waals surface area contributed by atoms with Crippen molar-refractivity contribution in [2.75, 3.05) is 0 Å². The van der Waals surface area contributed by atoms with E-state index in [1.807, 2.05) is 29.5 Å². The Balaban J connectivity index is 1.21. The molecule has 10 aromatic rings. The minimum atomic E-state index is -0.0659. The summed E-state index contributed by atoms with van der Waals surface area (Å²) in [5.74, 6) is 0.691. The predicted octanol–water partition coefficient (Wildman–Crippen LogP) is 13.5. The number of pyridine rings is 1. The van der Waals surface area contributed by atoms with Crippen LogP contribution >= 0.6 is 11.3 Å². The molecule has 0 spiro atoms. The average molecular weight is 708 g/mol. The van der Waals surface area contributed by atoms with Crippen molar-refractivity contribution in [1.82, 2.24) is 15.0 Å². The highest BCUT2D eigenvalue weighted by Gasteiger charge is 2.35. The van der Waals surface area contributed by atoms with Gasteiger partial charge in [0.15, 0.2) is 5.82 Å². The van der Waals surface area contributed by atoms with Crippen LogP contribution < -0.4 is 0 Å². The fourth-order valence-electron chi connectivity index (χ4n) is 8.68. The number of thiophene rings is 1. The number of para-hydroxylation sites is 1. The number of hydrogen-bond donors (Lipinski definition) is 0. The summed E-state index contributed by atoms with van der Waals surface area (Å²) in [6.45, 7) is 4.64. The summed E-state index contributed by atoms with van der Waals surface area (Å²) in [5.41, 5.74) is 13.0. The molecule has 3 heterocycles. The van der Waals surface area contributed by atoms with Crippen LogP contribution in [0.25, 0.3) is 98.1 Å². The summed E-state index contributed by atoms with van der Waals surface area (Å²) in [5, 5.41) is 6.06. The second kappa shape index (κ2) is 11.8. The molecule has 0 amide bonds. The van der Waals surface area contributed by atoms with Gasteiger partial charge in [-0.15, -0.1) is 11.3 Å². The first kappa shape index (κ1) is 31.1. The smallest absolute Gasteiger partial charge is 0.160 e. The molecule has 0 bridgehead atoms. The van der Waals surface area contributed by atoms with E-state index in [0.717, 1.165) is 55.6 Å². The number of rotatable bonds is 4. The standard InChI is InChI=1S/C50H33N3S/c1-50(2)39-22-11-9-18-33(39)38-28-32(24-26-40(38)50)41-29-42(52-49(51-41)31-16-7-4-8-17-31)34-20-13-21-36-45-37(47(53-48(34)36)30-14-5-3-6-15-30)25-27-44-46(45)35-19-10-12-23-43(35)54-44/h3-29H,1-2H3. The largest absolute Gasteiger partial charge is 0.246 e. The van der Waals surface area contributed by atoms with Gasteiger partial charge < -0.3 is 0 Å². The molecule has 1 aliphatic rings. The lowest BCUT2D eigenvalue weighted by Gasteiger charge is -2.21. The van der Waals surface area contributed by atoms with E-state index in [1.54, 1.807) is 0 Å². The maximum Gasteiger partial charge on any atom is 0.160 e. The first-order valence-corrected chi connectivity index (χ1v) is 19.3. The van der Waals surface area contributed by atoms with Gasteiger partial charge in [0.1, 0.15) is 0 Å². The normalized spacial score (nSPS) is 13.1. The van der Waals surface area contributed by atoms with E-state index in [-0.39, 0.29) is 5.41 Å². The van der Waals surface area contributed by atoms with Gasteiger partial charge in [0.05, 0.1) is 22.6 Å². The minimum Gasteiger partial charge on any atom is -0.246 e. The maximum absolute atomic E-state index is 5.56. The number of hydrogen-bond acceptors (Lipinski definition) is 4. The molecule has 3 aromatic heterocycles. The summed E-state index contributed by atoms with van der Waals surface area (Å²) in [6.07, 6.45) is 0. The van der Waals surface area contributed by atoms with E-state index >= 15 is 0 Å². The molecule has 0 unspecified atom stereocenters. The Labute approximate surface area is 317 Å². The Morgan fingerprint density at radius 2 is 1.11 bits per heavy atom. The van der Waals surface area contributed by atoms with Gasteiger partial charge >= 0.3 is 0 Å². The van der Waals surface area contributed by atoms with Crippen molar-refractivity contribution < 1.29 is 0 Å². The highest BCUT2D eigenvalue weighted by atomic mass is 32.1. The van der Waals surface area contributed by atoms with Gasteiger partial charge in [-0.25, -0.2) is 15.0 Å². The fraction of sp³-hybridized carbons (Fsp3) is 0.0600. The molecule has 1 aliphatic carbocycles. The Kier molecular flexibility index (Phi) is 6.77. The van der Waals surface area contributed by atoms with Gasteiger partial charge in [-0.3, -0.25) is 0 Å². The molecule has 54 heavy (non-hydrogen) atoms. The van der Waals surface area contributed by atoms with E-state index in [0.29, 0.717) is 5.82 Å². The van der Waals surface area contributed by atoms with Gasteiger partial charge in [0.25, 0.3) is 0 Å². The van der Waals surface area contributed by atoms with E-state index < -0.39 is 0 Å². The second-order valence-electron chi connectivity index (χ2n) is 14.7. The molecule has 11 rings (SSSR count). The quantitative estimate of drug-likeness (QED) is 0.171. The van der Waals surface area contributed by atoms with Crippen LogP contribution in [0.3, 0.4) is 0 Å². The molecular formula is C50H33N3S. The lowest BCUT2D eigenvalue weighted by atomic mass is 9.82. The highest BCUT2D eigenvalue weighted by Crippen LogP contribution is 2.50. The molecule has 0 N–H and O–H groups in total. The molecule has 0 radical (unpaired) electrons. The number of nitrogens with zero attached hydrogens (tertiary/aromatic N) is 3. The second-order valence-corrected chi connectivity index (χ2v) is 15.8. The van der Waals surface area contributed by atoms with E-state index in [2.05, 4.69) is 159 Å². The Hall–Kier alpha value is -6.49. The van der Waals surface area contributed by atoms with E-state index in [4.69, 9.17) is 15.0 Å². The predicted molar refractivity (Wildman–Crippen MR) is 227 cm³/mol. The Bertz CT molecular complexity index is 3120. The summed E-state index contributed by atoms with van der Waals surface area (Å²) in [4.78, 5) is 16.1. The van der Waals surface area contributed by atoms with Gasteiger partial charge in [-0.05, 0) is 46.5 Å². The topological polar surface area (TPSA) is 38.7 Å². The molecule has 0 fully saturated rings. The molecule has 0 atom stereocenters. The monoisotopic (exact) mass is 707 g/mol. The molecule has 0 saturated heterocycles. The van der Waals surface area contributed by atoms with Gasteiger partial charge in [0.2, 0.25) is 0 Å². The van der Waals surface area contributed by atoms with Crippen molar-refractivity contribution in [1.29, 1.82) is 0 Å². The minimum absolute atomic E-state index is 0.0659. The van der Waals surface area contributed by atoms with Gasteiger partial charge in [-0.1, -0.05) is 153 Å². The SMILES string of the molecule is CC1(C)c2ccccc2-c2cc(-c3cc(-c4cccc5c4nc(-c4ccccc4)c4ccc6sc7ccccc7c6c45)nc(-c4ccccc4)n3)ccc21. The third-order valence-corrected chi connectivity index (χ3v) is 12.4. The van der Waals surface area contributed by atoms with Crippen LogP contribution in [0.2, 0.25) is 0 Å². The molecule has 3 nitrogen and oxygen atoms in total. The van der Waals surface area contributed by atoms with E-state index in [1.165, 1.54) is 47.8 Å². The number of benzene rings is 7. The van der Waals surface area contributed by atoms with Gasteiger partial charge in [-0.2, -0.15) is 0 Å². The first-order chi connectivity index (χ1) is 26.5. The van der Waals surface area contributed by atoms with Crippen molar-refractivity contribution in [2.45, 2.75) is 19.3 Å². The maximum atomic E-state index is 5.56. The van der Waals surface area contributed by atoms with Crippen molar-refractivity contribution in [3.8, 4) is 56.3 Å². The van der Waals surface area contributed by atoms with E-state index in [9.17, 15) is 0 Å². The third-order valence-electron chi connectivity index (χ3n) is 11.3. The van der Waals surface area contributed by atoms with Crippen LogP contribution in [-0.2, 0) is 5.41 Å². The van der Waals surface area contributed by atoms with Crippen molar-refractivity contribution in [3.05, 3.63) is 175 Å². The Morgan fingerprint density at radius 3 is 1.96 bits per heavy atom. The van der Waals surface area contributed by atoms with Crippen LogP contribution in [0.15, 0.2) is 164 Å². The number of aromatic nitrogens is 3. The van der Waals surface area contributed by atoms with Crippen LogP contribution in [0, 0.1) is 0 Å². The fourth-order valence-corrected chi connectivity index (χ4v) is 9.80. The molecular weight excluding hydrogens is 675 g/mol. The summed E-state index contributed by atoms with van der Waals surface area (Å²) in [7, 11) is 0. The zero-order valence-electron chi connectivity index (χ0n) is 29.8. The average Bonchev–Trinajstić information content (AvgIpc) is 3.72. The summed E-state index contributed by atoms with van der Waals surface area (Å²) in [6, 6.07) is 58.5. The van der Waals surface area contributed by atoms with Crippen LogP contribution in [0.4, 0.5) is 0 Å².